The quantitative estimate of drug-likeness (QED) is 0.0493. The maximum Gasteiger partial charge on any atom is 0.145 e. The fourth-order valence-corrected chi connectivity index (χ4v) is 13.5. The Bertz CT molecular complexity index is 3790. The number of aromatic hydroxyl groups is 2. The molecule has 9 heteroatoms. The molecule has 11 rings (SSSR count). The predicted octanol–water partition coefficient (Wildman–Crippen LogP) is 22.7. The molecule has 1 aliphatic heterocycles. The van der Waals surface area contributed by atoms with Crippen molar-refractivity contribution >= 4 is 51.2 Å². The van der Waals surface area contributed by atoms with Crippen LogP contribution in [0.4, 0.5) is 8.78 Å². The first-order valence-corrected chi connectivity index (χ1v) is 35.5. The van der Waals surface area contributed by atoms with E-state index in [-0.39, 0.29) is 59.0 Å². The van der Waals surface area contributed by atoms with Crippen LogP contribution in [0.5, 0.6) is 23.0 Å². The Balaban J connectivity index is 0.000000874. The molecule has 0 aromatic heterocycles. The summed E-state index contributed by atoms with van der Waals surface area (Å²) in [7, 11) is -0.861. The van der Waals surface area contributed by atoms with Gasteiger partial charge in [-0.1, -0.05) is 186 Å². The van der Waals surface area contributed by atoms with Gasteiger partial charge in [0.25, 0.3) is 0 Å². The number of phenols is 2. The van der Waals surface area contributed by atoms with Crippen molar-refractivity contribution in [1.82, 2.24) is 0 Å². The molecule has 10 aromatic carbocycles. The molecular weight excluding hydrogens is 1160 g/mol. The molecular formula is C81H94F2O5ScSi. The second-order valence-corrected chi connectivity index (χ2v) is 34.9. The largest absolute Gasteiger partial charge is 0.507 e. The first-order valence-electron chi connectivity index (χ1n) is 31.8. The summed E-state index contributed by atoms with van der Waals surface area (Å²) in [4.78, 5) is 0. The summed E-state index contributed by atoms with van der Waals surface area (Å²) in [6.45, 7) is 39.0. The molecule has 2 atom stereocenters. The third-order valence-corrected chi connectivity index (χ3v) is 16.5. The minimum atomic E-state index is -0.861. The summed E-state index contributed by atoms with van der Waals surface area (Å²) >= 11 is 0. The maximum absolute atomic E-state index is 15.8. The number of aliphatic hydroxyl groups is 2. The molecule has 0 spiro atoms. The Morgan fingerprint density at radius 1 is 0.456 bits per heavy atom. The molecule has 10 aromatic rings. The minimum absolute atomic E-state index is 0. The van der Waals surface area contributed by atoms with Crippen LogP contribution in [0.3, 0.4) is 0 Å². The van der Waals surface area contributed by atoms with Crippen molar-refractivity contribution in [2.75, 3.05) is 13.2 Å². The third kappa shape index (κ3) is 16.9. The average molecular weight is 1260 g/mol. The topological polar surface area (TPSA) is 71.7 Å². The third-order valence-electron chi connectivity index (χ3n) is 16.5. The number of hydrogen-bond acceptors (Lipinski definition) is 4. The van der Waals surface area contributed by atoms with Crippen LogP contribution < -0.4 is 9.47 Å². The van der Waals surface area contributed by atoms with Gasteiger partial charge in [0, 0.05) is 89.6 Å². The number of ether oxygens (including phenoxy) is 3. The number of rotatable bonds is 14. The molecule has 0 amide bonds. The molecule has 0 unspecified atom stereocenters. The fourth-order valence-electron chi connectivity index (χ4n) is 13.5. The second kappa shape index (κ2) is 28.1. The number of halogens is 2. The Kier molecular flexibility index (Phi) is 21.6. The average Bonchev–Trinajstić information content (AvgIpc) is 0.775. The van der Waals surface area contributed by atoms with Crippen LogP contribution in [-0.2, 0) is 36.7 Å². The molecule has 1 saturated heterocycles. The number of benzene rings is 10. The van der Waals surface area contributed by atoms with Crippen molar-refractivity contribution in [2.45, 2.75) is 158 Å². The summed E-state index contributed by atoms with van der Waals surface area (Å²) in [6.07, 6.45) is 3.78. The summed E-state index contributed by atoms with van der Waals surface area (Å²) < 4.78 is 49.4. The summed E-state index contributed by atoms with van der Waals surface area (Å²) in [6, 6.07) is 54.6. The number of hydrogen-bond donors (Lipinski definition) is 2. The first kappa shape index (κ1) is 69.2. The van der Waals surface area contributed by atoms with Gasteiger partial charge in [0.05, 0.1) is 12.2 Å². The standard InChI is InChI=1S/C73H74F2O4.C4H8O.C4H11Si.Sc/c1-44(78-64-31-29-52(74)40-58(64)60-36-50(72(9,10)42-70(3,4)5)38-62(68(60)76)66-54-25-17-13-21-46(54)34-47-22-14-18-26-55(47)66)33-45(2)79-65-32-30-53(75)41-59(65)61-37-51(73(11,12)43-71(6,7)8)39-63(69(61)77)67-56-27-19-15-23-48(56)35-49-24-16-20-28-57(49)67;1-2-4-5-3-1;1-5(2,3)4;/h13-32,34-41,44-45,76-77H,33,42-43H2,1-12H3;1-4H2;1H2,2-4H3;/q;;-1;/p+1/t44-,45+;;;. The van der Waals surface area contributed by atoms with E-state index in [0.717, 1.165) is 91.4 Å². The van der Waals surface area contributed by atoms with Gasteiger partial charge in [0.2, 0.25) is 0 Å². The Hall–Kier alpha value is -6.65. The van der Waals surface area contributed by atoms with Gasteiger partial charge >= 0.3 is 0 Å². The van der Waals surface area contributed by atoms with E-state index >= 15 is 8.78 Å². The first-order chi connectivity index (χ1) is 41.8. The van der Waals surface area contributed by atoms with Gasteiger partial charge in [0.15, 0.2) is 0 Å². The van der Waals surface area contributed by atoms with Crippen LogP contribution in [0.2, 0.25) is 19.6 Å². The van der Waals surface area contributed by atoms with E-state index in [2.05, 4.69) is 173 Å². The molecule has 1 fully saturated rings. The monoisotopic (exact) mass is 1260 g/mol. The molecule has 90 heavy (non-hydrogen) atoms. The van der Waals surface area contributed by atoms with Gasteiger partial charge in [-0.3, -0.25) is 0 Å². The van der Waals surface area contributed by atoms with Gasteiger partial charge < -0.3 is 31.0 Å². The zero-order chi connectivity index (χ0) is 64.4. The summed E-state index contributed by atoms with van der Waals surface area (Å²) in [5, 5.41) is 33.8. The van der Waals surface area contributed by atoms with Crippen LogP contribution in [0.1, 0.15) is 126 Å². The van der Waals surface area contributed by atoms with Crippen molar-refractivity contribution < 1.29 is 59.0 Å². The van der Waals surface area contributed by atoms with E-state index in [0.29, 0.717) is 51.3 Å². The zero-order valence-corrected chi connectivity index (χ0v) is 58.8. The van der Waals surface area contributed by atoms with Crippen LogP contribution in [-0.4, -0.2) is 48.4 Å². The van der Waals surface area contributed by atoms with E-state index in [1.54, 1.807) is 12.1 Å². The van der Waals surface area contributed by atoms with Crippen LogP contribution in [0, 0.1) is 29.0 Å². The Labute approximate surface area is 555 Å². The van der Waals surface area contributed by atoms with Crippen LogP contribution >= 0.6 is 0 Å². The number of phenolic OH excluding ortho intramolecular Hbond substituents is 2. The van der Waals surface area contributed by atoms with E-state index in [1.165, 1.54) is 37.1 Å². The Morgan fingerprint density at radius 3 is 1.04 bits per heavy atom. The molecule has 1 aliphatic rings. The molecule has 0 saturated carbocycles. The molecule has 0 aliphatic carbocycles. The van der Waals surface area contributed by atoms with Crippen molar-refractivity contribution in [3.63, 3.8) is 0 Å². The van der Waals surface area contributed by atoms with Crippen LogP contribution in [0.25, 0.3) is 87.6 Å². The molecule has 3 N–H and O–H groups in total. The van der Waals surface area contributed by atoms with E-state index in [1.807, 2.05) is 74.5 Å². The van der Waals surface area contributed by atoms with Crippen molar-refractivity contribution in [1.29, 1.82) is 0 Å². The molecule has 469 valence electrons. The molecule has 5 nitrogen and oxygen atoms in total. The molecule has 0 bridgehead atoms. The second-order valence-electron chi connectivity index (χ2n) is 29.8. The van der Waals surface area contributed by atoms with Crippen molar-refractivity contribution in [2.24, 2.45) is 10.8 Å². The summed E-state index contributed by atoms with van der Waals surface area (Å²) in [5.74, 6) is -0.0366. The molecule has 1 heterocycles. The van der Waals surface area contributed by atoms with E-state index < -0.39 is 31.9 Å². The van der Waals surface area contributed by atoms with Gasteiger partial charge in [-0.15, -0.1) is 8.07 Å². The minimum Gasteiger partial charge on any atom is -0.507 e. The van der Waals surface area contributed by atoms with E-state index in [9.17, 15) is 10.2 Å². The maximum atomic E-state index is 15.8. The van der Waals surface area contributed by atoms with Gasteiger partial charge in [-0.25, -0.2) is 8.78 Å². The summed E-state index contributed by atoms with van der Waals surface area (Å²) in [5.41, 5.74) is 6.21. The Morgan fingerprint density at radius 2 is 0.756 bits per heavy atom. The van der Waals surface area contributed by atoms with Crippen LogP contribution in [0.15, 0.2) is 170 Å². The van der Waals surface area contributed by atoms with Gasteiger partial charge in [0.1, 0.15) is 47.8 Å². The van der Waals surface area contributed by atoms with E-state index in [4.69, 9.17) is 9.47 Å². The smallest absolute Gasteiger partial charge is 0.145 e. The fraction of sp³-hybridized carbons (Fsp3) is 0.346. The number of fused-ring (bicyclic) bond motifs is 4. The predicted molar refractivity (Wildman–Crippen MR) is 377 cm³/mol. The van der Waals surface area contributed by atoms with Gasteiger partial charge in [-0.2, -0.15) is 0 Å². The normalized spacial score (nSPS) is 13.7. The SMILES string of the molecule is C1CC[OH+]C1.C[C@H](C[C@H](C)Oc1ccc(F)cc1-c1cc(C(C)(C)CC(C)(C)C)cc(-c2c3ccccc3cc3ccccc23)c1O)Oc1ccc(F)cc1-c1cc(C(C)(C)CC(C)(C)C)cc(-c2c3ccccc3cc3ccccc23)c1O.[CH2-][Si](C)(C)C.[Sc]. The molecule has 1 radical (unpaired) electrons. The zero-order valence-electron chi connectivity index (χ0n) is 56.0. The van der Waals surface area contributed by atoms with Crippen molar-refractivity contribution in [3.05, 3.63) is 199 Å². The van der Waals surface area contributed by atoms with Gasteiger partial charge in [-0.05, 0) is 175 Å². The van der Waals surface area contributed by atoms with Crippen molar-refractivity contribution in [3.8, 4) is 67.5 Å².